The quantitative estimate of drug-likeness (QED) is 0.463. The van der Waals surface area contributed by atoms with Crippen molar-refractivity contribution in [2.24, 2.45) is 4.99 Å². The lowest BCUT2D eigenvalue weighted by Crippen LogP contribution is -1.68. The van der Waals surface area contributed by atoms with E-state index in [9.17, 15) is 4.79 Å². The molecule has 0 aliphatic heterocycles. The van der Waals surface area contributed by atoms with Gasteiger partial charge in [-0.25, -0.2) is 4.79 Å². The van der Waals surface area contributed by atoms with E-state index >= 15 is 0 Å². The number of isocyanates is 1. The number of nitrogens with zero attached hydrogens (tertiary/aromatic N) is 1. The molecule has 0 radical (unpaired) electrons. The number of hydrogen-bond acceptors (Lipinski definition) is 2. The van der Waals surface area contributed by atoms with Gasteiger partial charge in [-0.2, -0.15) is 4.99 Å². The summed E-state index contributed by atoms with van der Waals surface area (Å²) in [6.45, 7) is 3.59. The minimum Gasteiger partial charge on any atom is -0.211 e. The Morgan fingerprint density at radius 1 is 1.55 bits per heavy atom. The first-order valence-corrected chi connectivity index (χ1v) is 3.17. The predicted molar refractivity (Wildman–Crippen MR) is 44.3 cm³/mol. The monoisotopic (exact) mass is 145 g/mol. The summed E-state index contributed by atoms with van der Waals surface area (Å²) in [7, 11) is 0. The maximum atomic E-state index is 9.86. The van der Waals surface area contributed by atoms with Crippen molar-refractivity contribution >= 4 is 17.8 Å². The summed E-state index contributed by atoms with van der Waals surface area (Å²) in [5, 5.41) is 0. The predicted octanol–water partition coefficient (Wildman–Crippen LogP) is 2.30. The van der Waals surface area contributed by atoms with Crippen LogP contribution >= 0.6 is 0 Å². The Bertz CT molecular complexity index is 311. The van der Waals surface area contributed by atoms with Crippen LogP contribution in [0.1, 0.15) is 5.56 Å². The van der Waals surface area contributed by atoms with E-state index in [1.807, 2.05) is 12.1 Å². The van der Waals surface area contributed by atoms with Gasteiger partial charge in [0.1, 0.15) is 0 Å². The summed E-state index contributed by atoms with van der Waals surface area (Å²) in [6, 6.07) is 7.19. The zero-order valence-corrected chi connectivity index (χ0v) is 5.95. The van der Waals surface area contributed by atoms with E-state index in [1.165, 1.54) is 6.08 Å². The molecule has 1 rings (SSSR count). The minimum absolute atomic E-state index is 0.609. The molecule has 0 saturated carbocycles. The number of aliphatic imine (C=N–C) groups is 1. The molecule has 0 unspecified atom stereocenters. The van der Waals surface area contributed by atoms with Crippen molar-refractivity contribution in [2.75, 3.05) is 0 Å². The van der Waals surface area contributed by atoms with E-state index < -0.39 is 0 Å². The van der Waals surface area contributed by atoms with E-state index in [4.69, 9.17) is 0 Å². The molecule has 11 heavy (non-hydrogen) atoms. The smallest absolute Gasteiger partial charge is 0.211 e. The third kappa shape index (κ3) is 1.88. The fourth-order valence-electron chi connectivity index (χ4n) is 0.774. The SMILES string of the molecule is C=Cc1cccc(N=C=O)c1. The topological polar surface area (TPSA) is 29.4 Å². The summed E-state index contributed by atoms with van der Waals surface area (Å²) in [5.41, 5.74) is 1.55. The highest BCUT2D eigenvalue weighted by atomic mass is 16.1. The van der Waals surface area contributed by atoms with Crippen LogP contribution in [-0.2, 0) is 4.79 Å². The highest BCUT2D eigenvalue weighted by Gasteiger charge is 1.88. The minimum atomic E-state index is 0.609. The van der Waals surface area contributed by atoms with Gasteiger partial charge in [-0.3, -0.25) is 0 Å². The summed E-state index contributed by atoms with van der Waals surface area (Å²) in [5.74, 6) is 0. The molecule has 0 amide bonds. The maximum absolute atomic E-state index is 9.86. The summed E-state index contributed by atoms with van der Waals surface area (Å²) >= 11 is 0. The lowest BCUT2D eigenvalue weighted by atomic mass is 10.2. The van der Waals surface area contributed by atoms with Crippen LogP contribution in [0.15, 0.2) is 35.8 Å². The molecule has 54 valence electrons. The fourth-order valence-corrected chi connectivity index (χ4v) is 0.774. The van der Waals surface area contributed by atoms with Gasteiger partial charge in [-0.05, 0) is 17.7 Å². The molecular formula is C9H7NO. The second kappa shape index (κ2) is 3.49. The standard InChI is InChI=1S/C9H7NO/c1-2-8-4-3-5-9(6-8)10-7-11/h2-6H,1H2. The van der Waals surface area contributed by atoms with Crippen LogP contribution in [-0.4, -0.2) is 6.08 Å². The molecule has 2 heteroatoms. The lowest BCUT2D eigenvalue weighted by Gasteiger charge is -1.91. The van der Waals surface area contributed by atoms with Gasteiger partial charge in [0, 0.05) is 0 Å². The van der Waals surface area contributed by atoms with Crippen molar-refractivity contribution < 1.29 is 4.79 Å². The molecule has 0 bridgehead atoms. The van der Waals surface area contributed by atoms with Crippen LogP contribution in [0.25, 0.3) is 6.08 Å². The van der Waals surface area contributed by atoms with Crippen LogP contribution in [0, 0.1) is 0 Å². The van der Waals surface area contributed by atoms with Crippen LogP contribution in [0.5, 0.6) is 0 Å². The number of rotatable bonds is 2. The van der Waals surface area contributed by atoms with E-state index in [2.05, 4.69) is 11.6 Å². The zero-order valence-electron chi connectivity index (χ0n) is 5.95. The molecule has 0 aliphatic carbocycles. The van der Waals surface area contributed by atoms with Gasteiger partial charge in [0.2, 0.25) is 6.08 Å². The molecular weight excluding hydrogens is 138 g/mol. The van der Waals surface area contributed by atoms with Crippen molar-refractivity contribution in [3.8, 4) is 0 Å². The largest absolute Gasteiger partial charge is 0.240 e. The van der Waals surface area contributed by atoms with Crippen molar-refractivity contribution in [1.82, 2.24) is 0 Å². The first-order valence-electron chi connectivity index (χ1n) is 3.17. The Hall–Kier alpha value is -1.66. The molecule has 0 saturated heterocycles. The molecule has 0 aromatic heterocycles. The molecule has 1 aromatic carbocycles. The first-order chi connectivity index (χ1) is 5.36. The number of benzene rings is 1. The summed E-state index contributed by atoms with van der Waals surface area (Å²) in [6.07, 6.45) is 3.17. The Morgan fingerprint density at radius 2 is 2.36 bits per heavy atom. The van der Waals surface area contributed by atoms with E-state index in [0.29, 0.717) is 5.69 Å². The van der Waals surface area contributed by atoms with Gasteiger partial charge < -0.3 is 0 Å². The van der Waals surface area contributed by atoms with Crippen LogP contribution in [0.4, 0.5) is 5.69 Å². The van der Waals surface area contributed by atoms with Crippen molar-refractivity contribution in [2.45, 2.75) is 0 Å². The molecule has 0 atom stereocenters. The van der Waals surface area contributed by atoms with Crippen LogP contribution < -0.4 is 0 Å². The number of carbonyl (C=O) groups excluding carboxylic acids is 1. The van der Waals surface area contributed by atoms with Gasteiger partial charge >= 0.3 is 0 Å². The van der Waals surface area contributed by atoms with Gasteiger partial charge in [-0.1, -0.05) is 24.8 Å². The summed E-state index contributed by atoms with van der Waals surface area (Å²) in [4.78, 5) is 13.3. The average Bonchev–Trinajstić information content (AvgIpc) is 2.06. The molecule has 0 fully saturated rings. The highest BCUT2D eigenvalue weighted by Crippen LogP contribution is 2.13. The molecule has 1 aromatic rings. The lowest BCUT2D eigenvalue weighted by molar-refractivity contribution is 0.565. The third-order valence-electron chi connectivity index (χ3n) is 1.28. The van der Waals surface area contributed by atoms with Crippen molar-refractivity contribution in [3.05, 3.63) is 36.4 Å². The Balaban J connectivity index is 3.09. The van der Waals surface area contributed by atoms with E-state index in [0.717, 1.165) is 5.56 Å². The van der Waals surface area contributed by atoms with Gasteiger partial charge in [0.05, 0.1) is 5.69 Å². The Labute approximate surface area is 64.9 Å². The maximum Gasteiger partial charge on any atom is 0.240 e. The molecule has 2 nitrogen and oxygen atoms in total. The fraction of sp³-hybridized carbons (Fsp3) is 0. The second-order valence-electron chi connectivity index (χ2n) is 2.00. The van der Waals surface area contributed by atoms with Crippen molar-refractivity contribution in [1.29, 1.82) is 0 Å². The van der Waals surface area contributed by atoms with Crippen LogP contribution in [0.3, 0.4) is 0 Å². The Kier molecular flexibility index (Phi) is 2.37. The second-order valence-corrected chi connectivity index (χ2v) is 2.00. The molecule has 0 spiro atoms. The highest BCUT2D eigenvalue weighted by molar-refractivity contribution is 5.56. The molecule has 0 aliphatic rings. The molecule has 0 heterocycles. The zero-order chi connectivity index (χ0) is 8.10. The van der Waals surface area contributed by atoms with Gasteiger partial charge in [-0.15, -0.1) is 0 Å². The normalized spacial score (nSPS) is 8.36. The van der Waals surface area contributed by atoms with Crippen LogP contribution in [0.2, 0.25) is 0 Å². The van der Waals surface area contributed by atoms with E-state index in [-0.39, 0.29) is 0 Å². The summed E-state index contributed by atoms with van der Waals surface area (Å²) < 4.78 is 0. The number of hydrogen-bond donors (Lipinski definition) is 0. The first kappa shape index (κ1) is 7.45. The van der Waals surface area contributed by atoms with E-state index in [1.54, 1.807) is 18.2 Å². The third-order valence-corrected chi connectivity index (χ3v) is 1.28. The van der Waals surface area contributed by atoms with Gasteiger partial charge in [0.25, 0.3) is 0 Å². The Morgan fingerprint density at radius 3 is 3.00 bits per heavy atom. The van der Waals surface area contributed by atoms with Crippen molar-refractivity contribution in [3.63, 3.8) is 0 Å². The molecule has 0 N–H and O–H groups in total. The average molecular weight is 145 g/mol. The van der Waals surface area contributed by atoms with Gasteiger partial charge in [0.15, 0.2) is 0 Å².